The molecular weight excluding hydrogens is 465 g/mol. The summed E-state index contributed by atoms with van der Waals surface area (Å²) in [5.74, 6) is -0.721. The number of amides is 2. The number of anilines is 1. The summed E-state index contributed by atoms with van der Waals surface area (Å²) in [4.78, 5) is 32.7. The first-order chi connectivity index (χ1) is 14.2. The smallest absolute Gasteiger partial charge is 0.336 e. The largest absolute Gasteiger partial charge is 0.418 e. The van der Waals surface area contributed by atoms with Crippen molar-refractivity contribution in [1.29, 1.82) is 0 Å². The Kier molecular flexibility index (Phi) is 7.09. The molecule has 160 valence electrons. The highest BCUT2D eigenvalue weighted by Crippen LogP contribution is 2.34. The van der Waals surface area contributed by atoms with E-state index in [0.29, 0.717) is 42.9 Å². The number of aromatic nitrogens is 1. The topological polar surface area (TPSA) is 65.5 Å². The Balaban J connectivity index is 1.58. The molecule has 0 radical (unpaired) electrons. The zero-order valence-electron chi connectivity index (χ0n) is 16.0. The van der Waals surface area contributed by atoms with Crippen LogP contribution in [0.1, 0.15) is 22.5 Å². The Morgan fingerprint density at radius 3 is 2.53 bits per heavy atom. The van der Waals surface area contributed by atoms with E-state index in [1.54, 1.807) is 23.1 Å². The lowest BCUT2D eigenvalue weighted by atomic mass is 10.1. The first kappa shape index (κ1) is 22.2. The molecule has 1 aliphatic heterocycles. The normalized spacial score (nSPS) is 15.5. The summed E-state index contributed by atoms with van der Waals surface area (Å²) >= 11 is 3.25. The van der Waals surface area contributed by atoms with E-state index in [1.807, 2.05) is 4.90 Å². The van der Waals surface area contributed by atoms with Gasteiger partial charge in [0.05, 0.1) is 17.8 Å². The molecule has 2 aromatic rings. The Morgan fingerprint density at radius 2 is 1.80 bits per heavy atom. The number of para-hydroxylation sites is 1. The molecular formula is C20H20BrF3N4O2. The van der Waals surface area contributed by atoms with Crippen LogP contribution >= 0.6 is 15.9 Å². The second-order valence-corrected chi connectivity index (χ2v) is 7.67. The molecule has 0 bridgehead atoms. The maximum absolute atomic E-state index is 13.1. The van der Waals surface area contributed by atoms with Crippen molar-refractivity contribution < 1.29 is 22.8 Å². The van der Waals surface area contributed by atoms with Crippen molar-refractivity contribution in [1.82, 2.24) is 14.8 Å². The molecule has 2 amide bonds. The molecule has 1 aromatic carbocycles. The van der Waals surface area contributed by atoms with Gasteiger partial charge in [-0.25, -0.2) is 4.98 Å². The summed E-state index contributed by atoms with van der Waals surface area (Å²) in [6.07, 6.45) is -3.90. The minimum Gasteiger partial charge on any atom is -0.336 e. The predicted molar refractivity (Wildman–Crippen MR) is 109 cm³/mol. The van der Waals surface area contributed by atoms with E-state index in [2.05, 4.69) is 26.2 Å². The lowest BCUT2D eigenvalue weighted by Gasteiger charge is -2.22. The third-order valence-electron chi connectivity index (χ3n) is 4.68. The zero-order chi connectivity index (χ0) is 21.7. The Hall–Kier alpha value is -2.46. The minimum atomic E-state index is -4.55. The lowest BCUT2D eigenvalue weighted by Crippen LogP contribution is -2.38. The number of carbonyl (C=O) groups excluding carboxylic acids is 2. The quantitative estimate of drug-likeness (QED) is 0.672. The van der Waals surface area contributed by atoms with Gasteiger partial charge in [0, 0.05) is 26.2 Å². The average molecular weight is 485 g/mol. The van der Waals surface area contributed by atoms with Crippen LogP contribution in [0.2, 0.25) is 0 Å². The summed E-state index contributed by atoms with van der Waals surface area (Å²) in [6, 6.07) is 9.99. The van der Waals surface area contributed by atoms with Crippen LogP contribution in [-0.2, 0) is 11.0 Å². The number of benzene rings is 1. The Bertz CT molecular complexity index is 923. The minimum absolute atomic E-state index is 0.0522. The molecule has 0 aliphatic carbocycles. The fourth-order valence-corrected chi connectivity index (χ4v) is 3.60. The van der Waals surface area contributed by atoms with Gasteiger partial charge in [0.25, 0.3) is 5.91 Å². The maximum atomic E-state index is 13.1. The third kappa shape index (κ3) is 5.79. The first-order valence-corrected chi connectivity index (χ1v) is 10.1. The van der Waals surface area contributed by atoms with Gasteiger partial charge in [-0.2, -0.15) is 13.2 Å². The van der Waals surface area contributed by atoms with E-state index in [-0.39, 0.29) is 18.1 Å². The van der Waals surface area contributed by atoms with Gasteiger partial charge < -0.3 is 10.2 Å². The SMILES string of the molecule is O=C(CN1CCCN(C(=O)c2cccc(Br)n2)CC1)Nc1ccccc1C(F)(F)F. The fourth-order valence-electron chi connectivity index (χ4n) is 3.25. The van der Waals surface area contributed by atoms with Crippen LogP contribution in [0, 0.1) is 0 Å². The number of hydrogen-bond acceptors (Lipinski definition) is 4. The molecule has 2 heterocycles. The molecule has 0 spiro atoms. The number of pyridine rings is 1. The van der Waals surface area contributed by atoms with E-state index in [4.69, 9.17) is 0 Å². The molecule has 1 aromatic heterocycles. The monoisotopic (exact) mass is 484 g/mol. The number of alkyl halides is 3. The number of hydrogen-bond donors (Lipinski definition) is 1. The highest BCUT2D eigenvalue weighted by molar-refractivity contribution is 9.10. The van der Waals surface area contributed by atoms with Crippen molar-refractivity contribution in [3.63, 3.8) is 0 Å². The summed E-state index contributed by atoms with van der Waals surface area (Å²) in [6.45, 7) is 1.86. The molecule has 30 heavy (non-hydrogen) atoms. The summed E-state index contributed by atoms with van der Waals surface area (Å²) in [7, 11) is 0. The van der Waals surface area contributed by atoms with E-state index >= 15 is 0 Å². The third-order valence-corrected chi connectivity index (χ3v) is 5.13. The highest BCUT2D eigenvalue weighted by Gasteiger charge is 2.33. The molecule has 0 atom stereocenters. The van der Waals surface area contributed by atoms with Crippen molar-refractivity contribution in [3.8, 4) is 0 Å². The average Bonchev–Trinajstić information content (AvgIpc) is 2.92. The van der Waals surface area contributed by atoms with Crippen LogP contribution in [0.3, 0.4) is 0 Å². The standard InChI is InChI=1S/C20H20BrF3N4O2/c21-17-8-3-7-16(25-17)19(30)28-10-4-9-27(11-12-28)13-18(29)26-15-6-2-1-5-14(15)20(22,23)24/h1-3,5-8H,4,9-13H2,(H,26,29). The van der Waals surface area contributed by atoms with Gasteiger partial charge in [-0.3, -0.25) is 14.5 Å². The predicted octanol–water partition coefficient (Wildman–Crippen LogP) is 3.65. The van der Waals surface area contributed by atoms with Crippen molar-refractivity contribution in [3.05, 3.63) is 58.3 Å². The van der Waals surface area contributed by atoms with E-state index < -0.39 is 17.6 Å². The molecule has 10 heteroatoms. The number of halogens is 4. The van der Waals surface area contributed by atoms with Crippen LogP contribution in [0.4, 0.5) is 18.9 Å². The van der Waals surface area contributed by atoms with Crippen LogP contribution in [-0.4, -0.2) is 59.3 Å². The lowest BCUT2D eigenvalue weighted by molar-refractivity contribution is -0.137. The summed E-state index contributed by atoms with van der Waals surface area (Å²) < 4.78 is 39.8. The van der Waals surface area contributed by atoms with Crippen LogP contribution in [0.15, 0.2) is 47.1 Å². The van der Waals surface area contributed by atoms with Crippen molar-refractivity contribution in [2.75, 3.05) is 38.0 Å². The van der Waals surface area contributed by atoms with Crippen LogP contribution < -0.4 is 5.32 Å². The molecule has 0 unspecified atom stereocenters. The van der Waals surface area contributed by atoms with Crippen molar-refractivity contribution in [2.24, 2.45) is 0 Å². The molecule has 1 fully saturated rings. The van der Waals surface area contributed by atoms with Gasteiger partial charge in [-0.1, -0.05) is 18.2 Å². The van der Waals surface area contributed by atoms with Gasteiger partial charge in [0.2, 0.25) is 5.91 Å². The molecule has 1 N–H and O–H groups in total. The first-order valence-electron chi connectivity index (χ1n) is 9.34. The molecule has 3 rings (SSSR count). The molecule has 0 saturated carbocycles. The van der Waals surface area contributed by atoms with Crippen LogP contribution in [0.5, 0.6) is 0 Å². The van der Waals surface area contributed by atoms with Crippen LogP contribution in [0.25, 0.3) is 0 Å². The number of nitrogens with zero attached hydrogens (tertiary/aromatic N) is 3. The van der Waals surface area contributed by atoms with E-state index in [0.717, 1.165) is 6.07 Å². The zero-order valence-corrected chi connectivity index (χ0v) is 17.5. The van der Waals surface area contributed by atoms with Crippen molar-refractivity contribution >= 4 is 33.4 Å². The number of rotatable bonds is 4. The Labute approximate surface area is 180 Å². The maximum Gasteiger partial charge on any atom is 0.418 e. The number of carbonyl (C=O) groups is 2. The molecule has 6 nitrogen and oxygen atoms in total. The van der Waals surface area contributed by atoms with Gasteiger partial charge in [-0.05, 0) is 46.6 Å². The highest BCUT2D eigenvalue weighted by atomic mass is 79.9. The fraction of sp³-hybridized carbons (Fsp3) is 0.350. The Morgan fingerprint density at radius 1 is 1.03 bits per heavy atom. The second-order valence-electron chi connectivity index (χ2n) is 6.86. The summed E-state index contributed by atoms with van der Waals surface area (Å²) in [5, 5.41) is 2.35. The molecule has 1 saturated heterocycles. The van der Waals surface area contributed by atoms with Crippen molar-refractivity contribution in [2.45, 2.75) is 12.6 Å². The van der Waals surface area contributed by atoms with Gasteiger partial charge in [0.15, 0.2) is 0 Å². The van der Waals surface area contributed by atoms with E-state index in [1.165, 1.54) is 18.2 Å². The summed E-state index contributed by atoms with van der Waals surface area (Å²) in [5.41, 5.74) is -0.811. The van der Waals surface area contributed by atoms with Gasteiger partial charge >= 0.3 is 6.18 Å². The van der Waals surface area contributed by atoms with E-state index in [9.17, 15) is 22.8 Å². The van der Waals surface area contributed by atoms with Gasteiger partial charge in [0.1, 0.15) is 10.3 Å². The number of nitrogens with one attached hydrogen (secondary N) is 1. The molecule has 1 aliphatic rings. The van der Waals surface area contributed by atoms with Gasteiger partial charge in [-0.15, -0.1) is 0 Å². The second kappa shape index (κ2) is 9.57.